The van der Waals surface area contributed by atoms with E-state index >= 15 is 0 Å². The number of amides is 1. The molecule has 1 aliphatic heterocycles. The van der Waals surface area contributed by atoms with Crippen LogP contribution in [-0.2, 0) is 9.53 Å². The van der Waals surface area contributed by atoms with E-state index in [2.05, 4.69) is 0 Å². The highest BCUT2D eigenvalue weighted by Gasteiger charge is 2.35. The largest absolute Gasteiger partial charge is 0.507 e. The number of fused-ring (bicyclic) bond motifs is 1. The first-order chi connectivity index (χ1) is 11.6. The first-order valence-corrected chi connectivity index (χ1v) is 8.83. The topological polar surface area (TPSA) is 66.8 Å². The van der Waals surface area contributed by atoms with Crippen molar-refractivity contribution >= 4 is 11.9 Å². The van der Waals surface area contributed by atoms with Crippen LogP contribution in [0.4, 0.5) is 0 Å². The van der Waals surface area contributed by atoms with Crippen LogP contribution in [0.3, 0.4) is 0 Å². The maximum absolute atomic E-state index is 12.5. The molecule has 130 valence electrons. The van der Waals surface area contributed by atoms with E-state index in [9.17, 15) is 14.7 Å². The molecule has 1 aromatic carbocycles. The normalized spacial score (nSPS) is 23.5. The SMILES string of the molecule is Cc1cccc(C(=O)OCC(=O)N2CCC[C@H]3CCCC[C@@H]32)c1O. The molecule has 3 rings (SSSR count). The number of ether oxygens (including phenoxy) is 1. The minimum atomic E-state index is -0.651. The zero-order valence-electron chi connectivity index (χ0n) is 14.2. The minimum Gasteiger partial charge on any atom is -0.507 e. The van der Waals surface area contributed by atoms with E-state index in [4.69, 9.17) is 4.74 Å². The third kappa shape index (κ3) is 3.40. The third-order valence-corrected chi connectivity index (χ3v) is 5.35. The molecule has 2 fully saturated rings. The molecule has 1 saturated heterocycles. The van der Waals surface area contributed by atoms with Crippen molar-refractivity contribution in [2.45, 2.75) is 51.5 Å². The van der Waals surface area contributed by atoms with Crippen molar-refractivity contribution in [3.63, 3.8) is 0 Å². The van der Waals surface area contributed by atoms with Crippen molar-refractivity contribution in [3.05, 3.63) is 29.3 Å². The van der Waals surface area contributed by atoms with Gasteiger partial charge in [-0.3, -0.25) is 4.79 Å². The molecule has 1 amide bonds. The zero-order valence-corrected chi connectivity index (χ0v) is 14.2. The van der Waals surface area contributed by atoms with Crippen LogP contribution in [0.15, 0.2) is 18.2 Å². The molecule has 5 heteroatoms. The Bertz CT molecular complexity index is 626. The number of rotatable bonds is 3. The fourth-order valence-corrected chi connectivity index (χ4v) is 4.05. The van der Waals surface area contributed by atoms with E-state index in [-0.39, 0.29) is 23.8 Å². The molecule has 1 N–H and O–H groups in total. The molecule has 0 aromatic heterocycles. The predicted molar refractivity (Wildman–Crippen MR) is 89.8 cm³/mol. The number of aryl methyl sites for hydroxylation is 1. The number of carbonyl (C=O) groups excluding carboxylic acids is 2. The number of piperidine rings is 1. The van der Waals surface area contributed by atoms with Gasteiger partial charge >= 0.3 is 5.97 Å². The molecular weight excluding hydrogens is 306 g/mol. The fraction of sp³-hybridized carbons (Fsp3) is 0.579. The average molecular weight is 331 g/mol. The lowest BCUT2D eigenvalue weighted by Gasteiger charge is -2.44. The quantitative estimate of drug-likeness (QED) is 0.865. The van der Waals surface area contributed by atoms with E-state index < -0.39 is 5.97 Å². The van der Waals surface area contributed by atoms with Gasteiger partial charge < -0.3 is 14.7 Å². The number of para-hydroxylation sites is 1. The second-order valence-electron chi connectivity index (χ2n) is 6.89. The Labute approximate surface area is 142 Å². The van der Waals surface area contributed by atoms with Crippen LogP contribution in [0.25, 0.3) is 0 Å². The first-order valence-electron chi connectivity index (χ1n) is 8.83. The van der Waals surface area contributed by atoms with Crippen molar-refractivity contribution in [3.8, 4) is 5.75 Å². The van der Waals surface area contributed by atoms with Crippen LogP contribution in [0.2, 0.25) is 0 Å². The van der Waals surface area contributed by atoms with E-state index in [1.165, 1.54) is 31.7 Å². The molecule has 0 spiro atoms. The minimum absolute atomic E-state index is 0.0831. The van der Waals surface area contributed by atoms with Gasteiger partial charge in [-0.05, 0) is 50.2 Å². The Morgan fingerprint density at radius 2 is 1.96 bits per heavy atom. The highest BCUT2D eigenvalue weighted by Crippen LogP contribution is 2.35. The summed E-state index contributed by atoms with van der Waals surface area (Å²) in [4.78, 5) is 26.6. The highest BCUT2D eigenvalue weighted by atomic mass is 16.5. The molecular formula is C19H25NO4. The lowest BCUT2D eigenvalue weighted by molar-refractivity contribution is -0.140. The molecule has 0 radical (unpaired) electrons. The number of phenolic OH excluding ortho intramolecular Hbond substituents is 1. The molecule has 2 atom stereocenters. The monoisotopic (exact) mass is 331 g/mol. The van der Waals surface area contributed by atoms with Crippen molar-refractivity contribution in [2.75, 3.05) is 13.2 Å². The van der Waals surface area contributed by atoms with E-state index in [1.54, 1.807) is 19.1 Å². The lowest BCUT2D eigenvalue weighted by Crippen LogP contribution is -2.50. The Kier molecular flexibility index (Phi) is 5.07. The molecule has 0 unspecified atom stereocenters. The van der Waals surface area contributed by atoms with Crippen LogP contribution in [0.5, 0.6) is 5.75 Å². The summed E-state index contributed by atoms with van der Waals surface area (Å²) in [6.07, 6.45) is 6.91. The summed E-state index contributed by atoms with van der Waals surface area (Å²) in [6.45, 7) is 2.22. The van der Waals surface area contributed by atoms with Crippen LogP contribution in [0, 0.1) is 12.8 Å². The van der Waals surface area contributed by atoms with Crippen LogP contribution < -0.4 is 0 Å². The maximum Gasteiger partial charge on any atom is 0.342 e. The van der Waals surface area contributed by atoms with Gasteiger partial charge in [0.05, 0.1) is 0 Å². The summed E-state index contributed by atoms with van der Waals surface area (Å²) in [7, 11) is 0. The number of likely N-dealkylation sites (tertiary alicyclic amines) is 1. The lowest BCUT2D eigenvalue weighted by atomic mass is 9.78. The molecule has 1 saturated carbocycles. The number of hydrogen-bond donors (Lipinski definition) is 1. The summed E-state index contributed by atoms with van der Waals surface area (Å²) in [6, 6.07) is 5.22. The van der Waals surface area contributed by atoms with E-state index in [1.807, 2.05) is 4.90 Å². The molecule has 0 bridgehead atoms. The summed E-state index contributed by atoms with van der Waals surface area (Å²) >= 11 is 0. The number of nitrogens with zero attached hydrogens (tertiary/aromatic N) is 1. The highest BCUT2D eigenvalue weighted by molar-refractivity contribution is 5.94. The van der Waals surface area contributed by atoms with Gasteiger partial charge in [0.25, 0.3) is 5.91 Å². The van der Waals surface area contributed by atoms with E-state index in [0.29, 0.717) is 17.5 Å². The summed E-state index contributed by atoms with van der Waals surface area (Å²) in [5.41, 5.74) is 0.717. The zero-order chi connectivity index (χ0) is 17.1. The Morgan fingerprint density at radius 1 is 1.21 bits per heavy atom. The molecule has 24 heavy (non-hydrogen) atoms. The Morgan fingerprint density at radius 3 is 2.79 bits per heavy atom. The van der Waals surface area contributed by atoms with Gasteiger partial charge in [0, 0.05) is 12.6 Å². The average Bonchev–Trinajstić information content (AvgIpc) is 2.61. The van der Waals surface area contributed by atoms with Gasteiger partial charge in [0.15, 0.2) is 6.61 Å². The van der Waals surface area contributed by atoms with Crippen molar-refractivity contribution in [2.24, 2.45) is 5.92 Å². The number of carbonyl (C=O) groups is 2. The molecule has 1 aromatic rings. The summed E-state index contributed by atoms with van der Waals surface area (Å²) < 4.78 is 5.17. The third-order valence-electron chi connectivity index (χ3n) is 5.35. The smallest absolute Gasteiger partial charge is 0.342 e. The fourth-order valence-electron chi connectivity index (χ4n) is 4.05. The Balaban J connectivity index is 1.60. The second kappa shape index (κ2) is 7.24. The predicted octanol–water partition coefficient (Wildman–Crippen LogP) is 3.04. The van der Waals surface area contributed by atoms with Crippen molar-refractivity contribution in [1.29, 1.82) is 0 Å². The van der Waals surface area contributed by atoms with Crippen LogP contribution in [-0.4, -0.2) is 41.1 Å². The molecule has 1 heterocycles. The maximum atomic E-state index is 12.5. The summed E-state index contributed by atoms with van der Waals surface area (Å²) in [5, 5.41) is 9.94. The van der Waals surface area contributed by atoms with Gasteiger partial charge in [-0.15, -0.1) is 0 Å². The van der Waals surface area contributed by atoms with Gasteiger partial charge in [-0.25, -0.2) is 4.79 Å². The standard InChI is InChI=1S/C19H25NO4/c1-13-6-4-9-15(18(13)22)19(23)24-12-17(21)20-11-5-8-14-7-2-3-10-16(14)20/h4,6,9,14,16,22H,2-3,5,7-8,10-12H2,1H3/t14-,16+/m1/s1. The van der Waals surface area contributed by atoms with Crippen molar-refractivity contribution < 1.29 is 19.4 Å². The van der Waals surface area contributed by atoms with Gasteiger partial charge in [-0.2, -0.15) is 0 Å². The van der Waals surface area contributed by atoms with E-state index in [0.717, 1.165) is 19.4 Å². The number of hydrogen-bond acceptors (Lipinski definition) is 4. The van der Waals surface area contributed by atoms with Crippen molar-refractivity contribution in [1.82, 2.24) is 4.90 Å². The molecule has 5 nitrogen and oxygen atoms in total. The number of benzene rings is 1. The molecule has 1 aliphatic carbocycles. The first kappa shape index (κ1) is 16.8. The number of aromatic hydroxyl groups is 1. The second-order valence-corrected chi connectivity index (χ2v) is 6.89. The van der Waals surface area contributed by atoms with Gasteiger partial charge in [0.2, 0.25) is 0 Å². The van der Waals surface area contributed by atoms with Crippen LogP contribution in [0.1, 0.15) is 54.4 Å². The number of esters is 1. The van der Waals surface area contributed by atoms with Gasteiger partial charge in [0.1, 0.15) is 11.3 Å². The summed E-state index contributed by atoms with van der Waals surface area (Å²) in [5.74, 6) is -0.248. The number of phenols is 1. The molecule has 2 aliphatic rings. The van der Waals surface area contributed by atoms with Gasteiger partial charge in [-0.1, -0.05) is 25.0 Å². The van der Waals surface area contributed by atoms with Crippen LogP contribution >= 0.6 is 0 Å². The Hall–Kier alpha value is -2.04.